The summed E-state index contributed by atoms with van der Waals surface area (Å²) < 4.78 is 27.4. The minimum absolute atomic E-state index is 0.207. The molecule has 1 aliphatic rings. The van der Waals surface area contributed by atoms with Crippen LogP contribution in [-0.4, -0.2) is 29.2 Å². The van der Waals surface area contributed by atoms with E-state index in [-0.39, 0.29) is 17.5 Å². The Morgan fingerprint density at radius 2 is 1.63 bits per heavy atom. The summed E-state index contributed by atoms with van der Waals surface area (Å²) in [5, 5.41) is 0. The van der Waals surface area contributed by atoms with Gasteiger partial charge in [-0.3, -0.25) is 14.5 Å². The van der Waals surface area contributed by atoms with Gasteiger partial charge in [-0.05, 0) is 18.6 Å². The van der Waals surface area contributed by atoms with Gasteiger partial charge in [-0.25, -0.2) is 8.78 Å². The lowest BCUT2D eigenvalue weighted by Gasteiger charge is -2.22. The second kappa shape index (κ2) is 5.07. The predicted octanol–water partition coefficient (Wildman–Crippen LogP) is 3.11. The highest BCUT2D eigenvalue weighted by Crippen LogP contribution is 2.28. The molecule has 0 bridgehead atoms. The van der Waals surface area contributed by atoms with Gasteiger partial charge in [0.25, 0.3) is 17.7 Å². The summed E-state index contributed by atoms with van der Waals surface area (Å²) in [5.41, 5.74) is 0.414. The molecule has 0 saturated heterocycles. The Labute approximate surface area is 110 Å². The topological polar surface area (TPSA) is 37.4 Å². The smallest absolute Gasteiger partial charge is 0.265 e. The Kier molecular flexibility index (Phi) is 3.64. The molecule has 0 atom stereocenters. The normalized spacial score (nSPS) is 15.0. The van der Waals surface area contributed by atoms with Crippen LogP contribution in [0, 0.1) is 0 Å². The maximum atomic E-state index is 13.7. The molecular formula is C14H15F2NO2. The van der Waals surface area contributed by atoms with Gasteiger partial charge in [0.2, 0.25) is 0 Å². The molecular weight excluding hydrogens is 252 g/mol. The quantitative estimate of drug-likeness (QED) is 0.769. The van der Waals surface area contributed by atoms with E-state index in [0.717, 1.165) is 0 Å². The van der Waals surface area contributed by atoms with Crippen molar-refractivity contribution in [2.24, 2.45) is 0 Å². The fourth-order valence-electron chi connectivity index (χ4n) is 2.13. The molecule has 0 aromatic heterocycles. The van der Waals surface area contributed by atoms with E-state index in [1.807, 2.05) is 6.92 Å². The van der Waals surface area contributed by atoms with Gasteiger partial charge in [0.15, 0.2) is 0 Å². The third kappa shape index (κ3) is 2.64. The number of fused-ring (bicyclic) bond motifs is 1. The van der Waals surface area contributed by atoms with Gasteiger partial charge in [-0.15, -0.1) is 0 Å². The molecule has 0 radical (unpaired) electrons. The number of halogens is 2. The van der Waals surface area contributed by atoms with Crippen LogP contribution in [-0.2, 0) is 0 Å². The molecule has 2 rings (SSSR count). The van der Waals surface area contributed by atoms with Crippen LogP contribution >= 0.6 is 0 Å². The number of benzene rings is 1. The van der Waals surface area contributed by atoms with Gasteiger partial charge in [0.1, 0.15) is 0 Å². The number of alkyl halides is 2. The van der Waals surface area contributed by atoms with Crippen LogP contribution in [0.5, 0.6) is 0 Å². The minimum atomic E-state index is -3.02. The molecule has 1 aliphatic heterocycles. The largest absolute Gasteiger partial charge is 0.269 e. The van der Waals surface area contributed by atoms with Crippen LogP contribution < -0.4 is 0 Å². The molecule has 102 valence electrons. The van der Waals surface area contributed by atoms with Gasteiger partial charge in [-0.2, -0.15) is 0 Å². The second-order valence-corrected chi connectivity index (χ2v) is 4.70. The average molecular weight is 267 g/mol. The Balaban J connectivity index is 2.16. The van der Waals surface area contributed by atoms with Gasteiger partial charge in [0.05, 0.1) is 17.7 Å². The summed E-state index contributed by atoms with van der Waals surface area (Å²) in [7, 11) is 0. The summed E-state index contributed by atoms with van der Waals surface area (Å²) in [4.78, 5) is 24.5. The molecule has 2 amide bonds. The molecule has 1 heterocycles. The molecule has 3 nitrogen and oxygen atoms in total. The number of amides is 2. The van der Waals surface area contributed by atoms with E-state index >= 15 is 0 Å². The first-order valence-corrected chi connectivity index (χ1v) is 6.29. The van der Waals surface area contributed by atoms with Crippen LogP contribution in [0.2, 0.25) is 0 Å². The monoisotopic (exact) mass is 267 g/mol. The van der Waals surface area contributed by atoms with E-state index in [2.05, 4.69) is 0 Å². The van der Waals surface area contributed by atoms with Crippen LogP contribution in [0.15, 0.2) is 24.3 Å². The molecule has 19 heavy (non-hydrogen) atoms. The minimum Gasteiger partial charge on any atom is -0.269 e. The van der Waals surface area contributed by atoms with Crippen molar-refractivity contribution in [3.05, 3.63) is 35.4 Å². The SMILES string of the molecule is CCCCC(F)(F)CN1C(=O)c2ccccc2C1=O. The third-order valence-electron chi connectivity index (χ3n) is 3.16. The standard InChI is InChI=1S/C14H15F2NO2/c1-2-3-8-14(15,16)9-17-12(18)10-6-4-5-7-11(10)13(17)19/h4-7H,2-3,8-9H2,1H3. The van der Waals surface area contributed by atoms with Gasteiger partial charge < -0.3 is 0 Å². The Morgan fingerprint density at radius 1 is 1.11 bits per heavy atom. The van der Waals surface area contributed by atoms with Crippen molar-refractivity contribution in [3.63, 3.8) is 0 Å². The fourth-order valence-corrected chi connectivity index (χ4v) is 2.13. The fraction of sp³-hybridized carbons (Fsp3) is 0.429. The molecule has 0 fully saturated rings. The van der Waals surface area contributed by atoms with Crippen molar-refractivity contribution in [1.82, 2.24) is 4.90 Å². The summed E-state index contributed by atoms with van der Waals surface area (Å²) in [5.74, 6) is -4.28. The highest BCUT2D eigenvalue weighted by atomic mass is 19.3. The van der Waals surface area contributed by atoms with Crippen molar-refractivity contribution >= 4 is 11.8 Å². The van der Waals surface area contributed by atoms with Crippen molar-refractivity contribution < 1.29 is 18.4 Å². The molecule has 0 spiro atoms. The zero-order chi connectivity index (χ0) is 14.0. The molecule has 0 unspecified atom stereocenters. The van der Waals surface area contributed by atoms with Crippen molar-refractivity contribution in [1.29, 1.82) is 0 Å². The molecule has 0 saturated carbocycles. The van der Waals surface area contributed by atoms with Gasteiger partial charge in [-0.1, -0.05) is 25.5 Å². The van der Waals surface area contributed by atoms with E-state index < -0.39 is 24.3 Å². The number of unbranched alkanes of at least 4 members (excludes halogenated alkanes) is 1. The number of hydrogen-bond donors (Lipinski definition) is 0. The Morgan fingerprint density at radius 3 is 2.11 bits per heavy atom. The van der Waals surface area contributed by atoms with E-state index in [4.69, 9.17) is 0 Å². The third-order valence-corrected chi connectivity index (χ3v) is 3.16. The number of hydrogen-bond acceptors (Lipinski definition) is 2. The highest BCUT2D eigenvalue weighted by molar-refractivity contribution is 6.21. The Bertz CT molecular complexity index is 479. The summed E-state index contributed by atoms with van der Waals surface area (Å²) >= 11 is 0. The van der Waals surface area contributed by atoms with Gasteiger partial charge in [0, 0.05) is 6.42 Å². The first-order chi connectivity index (χ1) is 8.96. The van der Waals surface area contributed by atoms with Crippen LogP contribution in [0.3, 0.4) is 0 Å². The number of carbonyl (C=O) groups excluding carboxylic acids is 2. The average Bonchev–Trinajstić information content (AvgIpc) is 2.62. The van der Waals surface area contributed by atoms with Crippen LogP contribution in [0.4, 0.5) is 8.78 Å². The summed E-state index contributed by atoms with van der Waals surface area (Å²) in [6.45, 7) is 0.984. The predicted molar refractivity (Wildman–Crippen MR) is 66.3 cm³/mol. The van der Waals surface area contributed by atoms with E-state index in [1.165, 1.54) is 12.1 Å². The first-order valence-electron chi connectivity index (χ1n) is 6.29. The lowest BCUT2D eigenvalue weighted by molar-refractivity contribution is -0.0306. The molecule has 1 aromatic carbocycles. The lowest BCUT2D eigenvalue weighted by Crippen LogP contribution is -2.40. The van der Waals surface area contributed by atoms with Crippen molar-refractivity contribution in [2.75, 3.05) is 6.54 Å². The number of carbonyl (C=O) groups is 2. The molecule has 5 heteroatoms. The first kappa shape index (κ1) is 13.6. The molecule has 0 aliphatic carbocycles. The maximum Gasteiger partial charge on any atom is 0.265 e. The van der Waals surface area contributed by atoms with Crippen LogP contribution in [0.1, 0.15) is 46.9 Å². The zero-order valence-electron chi connectivity index (χ0n) is 10.7. The van der Waals surface area contributed by atoms with Crippen molar-refractivity contribution in [3.8, 4) is 0 Å². The highest BCUT2D eigenvalue weighted by Gasteiger charge is 2.41. The molecule has 1 aromatic rings. The second-order valence-electron chi connectivity index (χ2n) is 4.70. The maximum absolute atomic E-state index is 13.7. The van der Waals surface area contributed by atoms with Crippen molar-refractivity contribution in [2.45, 2.75) is 32.1 Å². The molecule has 0 N–H and O–H groups in total. The van der Waals surface area contributed by atoms with E-state index in [1.54, 1.807) is 12.1 Å². The van der Waals surface area contributed by atoms with E-state index in [0.29, 0.717) is 17.7 Å². The Hall–Kier alpha value is -1.78. The number of rotatable bonds is 5. The zero-order valence-corrected chi connectivity index (χ0v) is 10.7. The number of nitrogens with zero attached hydrogens (tertiary/aromatic N) is 1. The van der Waals surface area contributed by atoms with Crippen LogP contribution in [0.25, 0.3) is 0 Å². The number of imide groups is 1. The summed E-state index contributed by atoms with van der Waals surface area (Å²) in [6.07, 6.45) is 0.713. The van der Waals surface area contributed by atoms with Gasteiger partial charge >= 0.3 is 0 Å². The van der Waals surface area contributed by atoms with E-state index in [9.17, 15) is 18.4 Å². The summed E-state index contributed by atoms with van der Waals surface area (Å²) in [6, 6.07) is 6.20. The lowest BCUT2D eigenvalue weighted by atomic mass is 10.1.